The summed E-state index contributed by atoms with van der Waals surface area (Å²) in [5.41, 5.74) is 0.661. The van der Waals surface area contributed by atoms with E-state index in [1.807, 2.05) is 0 Å². The maximum Gasteiger partial charge on any atom is 0.358 e. The molecule has 5 nitrogen and oxygen atoms in total. The number of halogens is 1. The molecule has 0 spiro atoms. The van der Waals surface area contributed by atoms with Crippen molar-refractivity contribution in [1.82, 2.24) is 9.78 Å². The smallest absolute Gasteiger partial charge is 0.358 e. The van der Waals surface area contributed by atoms with Crippen molar-refractivity contribution >= 4 is 5.97 Å². The van der Waals surface area contributed by atoms with Gasteiger partial charge >= 0.3 is 5.97 Å². The van der Waals surface area contributed by atoms with E-state index < -0.39 is 5.97 Å². The fourth-order valence-electron chi connectivity index (χ4n) is 2.78. The first kappa shape index (κ1) is 14.6. The molecule has 2 aromatic rings. The Labute approximate surface area is 127 Å². The van der Waals surface area contributed by atoms with Gasteiger partial charge in [0, 0.05) is 0 Å². The van der Waals surface area contributed by atoms with Gasteiger partial charge in [0.1, 0.15) is 5.82 Å². The van der Waals surface area contributed by atoms with Crippen LogP contribution in [0.4, 0.5) is 4.39 Å². The van der Waals surface area contributed by atoms with E-state index in [-0.39, 0.29) is 29.9 Å². The third kappa shape index (κ3) is 3.10. The molecule has 1 aliphatic carbocycles. The summed E-state index contributed by atoms with van der Waals surface area (Å²) in [7, 11) is 0. The number of rotatable bonds is 5. The average molecular weight is 304 g/mol. The molecule has 1 fully saturated rings. The van der Waals surface area contributed by atoms with Gasteiger partial charge in [0.05, 0.1) is 18.8 Å². The highest BCUT2D eigenvalue weighted by Crippen LogP contribution is 2.27. The van der Waals surface area contributed by atoms with Crippen molar-refractivity contribution in [2.75, 3.05) is 0 Å². The van der Waals surface area contributed by atoms with Gasteiger partial charge < -0.3 is 9.84 Å². The van der Waals surface area contributed by atoms with E-state index in [0.717, 1.165) is 25.7 Å². The lowest BCUT2D eigenvalue weighted by molar-refractivity contribution is 0.0676. The third-order valence-corrected chi connectivity index (χ3v) is 3.83. The van der Waals surface area contributed by atoms with E-state index in [4.69, 9.17) is 4.74 Å². The van der Waals surface area contributed by atoms with Crippen molar-refractivity contribution in [2.24, 2.45) is 0 Å². The third-order valence-electron chi connectivity index (χ3n) is 3.83. The summed E-state index contributed by atoms with van der Waals surface area (Å²) in [6, 6.07) is 6.03. The summed E-state index contributed by atoms with van der Waals surface area (Å²) >= 11 is 0. The molecule has 0 saturated heterocycles. The van der Waals surface area contributed by atoms with Gasteiger partial charge in [-0.3, -0.25) is 4.68 Å². The molecule has 0 amide bonds. The zero-order valence-corrected chi connectivity index (χ0v) is 12.0. The quantitative estimate of drug-likeness (QED) is 0.922. The Morgan fingerprint density at radius 1 is 1.41 bits per heavy atom. The Morgan fingerprint density at radius 3 is 2.86 bits per heavy atom. The molecule has 3 rings (SSSR count). The first-order valence-electron chi connectivity index (χ1n) is 7.33. The molecule has 1 aromatic carbocycles. The van der Waals surface area contributed by atoms with Gasteiger partial charge in [0.25, 0.3) is 0 Å². The monoisotopic (exact) mass is 304 g/mol. The Kier molecular flexibility index (Phi) is 4.09. The van der Waals surface area contributed by atoms with Crippen LogP contribution < -0.4 is 4.74 Å². The van der Waals surface area contributed by atoms with Crippen LogP contribution in [0.2, 0.25) is 0 Å². The molecule has 1 heterocycles. The summed E-state index contributed by atoms with van der Waals surface area (Å²) in [6.45, 7) is 0.188. The lowest BCUT2D eigenvalue weighted by atomic mass is 10.2. The zero-order chi connectivity index (χ0) is 15.5. The molecule has 1 aliphatic rings. The van der Waals surface area contributed by atoms with Crippen LogP contribution in [-0.4, -0.2) is 27.0 Å². The number of carboxylic acid groups (broad SMARTS) is 1. The molecule has 1 saturated carbocycles. The van der Waals surface area contributed by atoms with E-state index in [9.17, 15) is 14.3 Å². The van der Waals surface area contributed by atoms with Crippen molar-refractivity contribution in [3.63, 3.8) is 0 Å². The van der Waals surface area contributed by atoms with Crippen LogP contribution in [0.15, 0.2) is 30.5 Å². The van der Waals surface area contributed by atoms with Crippen LogP contribution in [0, 0.1) is 5.82 Å². The molecule has 1 aromatic heterocycles. The standard InChI is InChI=1S/C16H17FN2O3/c17-12-5-3-4-11(8-12)10-19-15(16(20)21)14(9-18-19)22-13-6-1-2-7-13/h3-5,8-9,13H,1-2,6-7,10H2,(H,20,21). The Hall–Kier alpha value is -2.37. The molecule has 1 N–H and O–H groups in total. The average Bonchev–Trinajstić information content (AvgIpc) is 3.09. The molecule has 6 heteroatoms. The molecular weight excluding hydrogens is 287 g/mol. The van der Waals surface area contributed by atoms with E-state index >= 15 is 0 Å². The molecule has 0 radical (unpaired) electrons. The maximum absolute atomic E-state index is 13.2. The van der Waals surface area contributed by atoms with Gasteiger partial charge in [0.2, 0.25) is 0 Å². The van der Waals surface area contributed by atoms with Gasteiger partial charge in [-0.2, -0.15) is 5.10 Å². The largest absolute Gasteiger partial charge is 0.486 e. The fraction of sp³-hybridized carbons (Fsp3) is 0.375. The SMILES string of the molecule is O=C(O)c1c(OC2CCCC2)cnn1Cc1cccc(F)c1. The summed E-state index contributed by atoms with van der Waals surface area (Å²) < 4.78 is 20.3. The number of nitrogens with zero attached hydrogens (tertiary/aromatic N) is 2. The highest BCUT2D eigenvalue weighted by Gasteiger charge is 2.24. The number of carbonyl (C=O) groups is 1. The molecule has 0 unspecified atom stereocenters. The van der Waals surface area contributed by atoms with Gasteiger partial charge in [-0.05, 0) is 43.4 Å². The first-order chi connectivity index (χ1) is 10.6. The predicted octanol–water partition coefficient (Wildman–Crippen LogP) is 3.09. The summed E-state index contributed by atoms with van der Waals surface area (Å²) in [5, 5.41) is 13.5. The molecule has 0 atom stereocenters. The Morgan fingerprint density at radius 2 is 2.18 bits per heavy atom. The van der Waals surface area contributed by atoms with Crippen molar-refractivity contribution in [3.05, 3.63) is 47.5 Å². The van der Waals surface area contributed by atoms with Crippen LogP contribution in [0.25, 0.3) is 0 Å². The Bertz CT molecular complexity index is 678. The molecular formula is C16H17FN2O3. The predicted molar refractivity (Wildman–Crippen MR) is 77.6 cm³/mol. The van der Waals surface area contributed by atoms with Gasteiger partial charge in [-0.15, -0.1) is 0 Å². The molecule has 0 bridgehead atoms. The normalized spacial score (nSPS) is 15.1. The summed E-state index contributed by atoms with van der Waals surface area (Å²) in [5.74, 6) is -1.17. The highest BCUT2D eigenvalue weighted by atomic mass is 19.1. The van der Waals surface area contributed by atoms with Crippen molar-refractivity contribution in [1.29, 1.82) is 0 Å². The molecule has 22 heavy (non-hydrogen) atoms. The van der Waals surface area contributed by atoms with E-state index in [2.05, 4.69) is 5.10 Å². The topological polar surface area (TPSA) is 64.3 Å². The second-order valence-electron chi connectivity index (χ2n) is 5.47. The van der Waals surface area contributed by atoms with Crippen LogP contribution >= 0.6 is 0 Å². The minimum atomic E-state index is -1.10. The number of ether oxygens (including phenoxy) is 1. The lowest BCUT2D eigenvalue weighted by Gasteiger charge is -2.12. The lowest BCUT2D eigenvalue weighted by Crippen LogP contribution is -2.16. The van der Waals surface area contributed by atoms with E-state index in [1.54, 1.807) is 12.1 Å². The number of carboxylic acids is 1. The number of aromatic carboxylic acids is 1. The number of aromatic nitrogens is 2. The van der Waals surface area contributed by atoms with Gasteiger partial charge in [-0.1, -0.05) is 12.1 Å². The number of hydrogen-bond donors (Lipinski definition) is 1. The van der Waals surface area contributed by atoms with Gasteiger partial charge in [0.15, 0.2) is 11.4 Å². The van der Waals surface area contributed by atoms with E-state index in [1.165, 1.54) is 23.0 Å². The second kappa shape index (κ2) is 6.17. The van der Waals surface area contributed by atoms with Crippen LogP contribution in [-0.2, 0) is 6.54 Å². The zero-order valence-electron chi connectivity index (χ0n) is 12.0. The van der Waals surface area contributed by atoms with E-state index in [0.29, 0.717) is 5.56 Å². The summed E-state index contributed by atoms with van der Waals surface area (Å²) in [4.78, 5) is 11.5. The highest BCUT2D eigenvalue weighted by molar-refractivity contribution is 5.88. The van der Waals surface area contributed by atoms with Crippen LogP contribution in [0.1, 0.15) is 41.7 Å². The van der Waals surface area contributed by atoms with Crippen molar-refractivity contribution in [2.45, 2.75) is 38.3 Å². The molecule has 116 valence electrons. The molecule has 0 aliphatic heterocycles. The van der Waals surface area contributed by atoms with Crippen molar-refractivity contribution < 1.29 is 19.0 Å². The first-order valence-corrected chi connectivity index (χ1v) is 7.33. The van der Waals surface area contributed by atoms with Crippen LogP contribution in [0.5, 0.6) is 5.75 Å². The maximum atomic E-state index is 13.2. The number of hydrogen-bond acceptors (Lipinski definition) is 3. The fourth-order valence-corrected chi connectivity index (χ4v) is 2.78. The van der Waals surface area contributed by atoms with Crippen molar-refractivity contribution in [3.8, 4) is 5.75 Å². The second-order valence-corrected chi connectivity index (χ2v) is 5.47. The number of benzene rings is 1. The van der Waals surface area contributed by atoms with Gasteiger partial charge in [-0.25, -0.2) is 9.18 Å². The minimum Gasteiger partial charge on any atom is -0.486 e. The summed E-state index contributed by atoms with van der Waals surface area (Å²) in [6.07, 6.45) is 5.57. The minimum absolute atomic E-state index is 0.0103. The Balaban J connectivity index is 1.84. The van der Waals surface area contributed by atoms with Crippen LogP contribution in [0.3, 0.4) is 0 Å².